The Balaban J connectivity index is 2.42. The molecule has 0 spiro atoms. The van der Waals surface area contributed by atoms with Gasteiger partial charge in [0.15, 0.2) is 5.82 Å². The van der Waals surface area contributed by atoms with E-state index in [0.717, 1.165) is 18.6 Å². The molecule has 1 heterocycles. The van der Waals surface area contributed by atoms with Crippen LogP contribution in [0.15, 0.2) is 22.7 Å². The van der Waals surface area contributed by atoms with Crippen LogP contribution in [0.25, 0.3) is 11.4 Å². The molecule has 0 atom stereocenters. The average molecular weight is 334 g/mol. The number of hydrogen-bond donors (Lipinski definition) is 1. The molecule has 0 aliphatic heterocycles. The lowest BCUT2D eigenvalue weighted by Gasteiger charge is -2.08. The molecule has 0 saturated heterocycles. The van der Waals surface area contributed by atoms with E-state index < -0.39 is 11.7 Å². The van der Waals surface area contributed by atoms with Crippen LogP contribution in [0.5, 0.6) is 0 Å². The average Bonchev–Trinajstić information content (AvgIpc) is 2.77. The third kappa shape index (κ3) is 3.15. The number of alkyl halides is 3. The number of nitrogens with one attached hydrogen (secondary N) is 1. The zero-order valence-electron chi connectivity index (χ0n) is 10.1. The first kappa shape index (κ1) is 14.0. The van der Waals surface area contributed by atoms with Crippen molar-refractivity contribution in [2.24, 2.45) is 0 Å². The van der Waals surface area contributed by atoms with E-state index in [0.29, 0.717) is 22.3 Å². The van der Waals surface area contributed by atoms with Crippen LogP contribution in [0.2, 0.25) is 0 Å². The maximum atomic E-state index is 12.7. The summed E-state index contributed by atoms with van der Waals surface area (Å²) in [7, 11) is 0. The van der Waals surface area contributed by atoms with Crippen molar-refractivity contribution >= 4 is 15.9 Å². The Kier molecular flexibility index (Phi) is 3.93. The number of rotatable bonds is 3. The van der Waals surface area contributed by atoms with Gasteiger partial charge in [-0.25, -0.2) is 4.98 Å². The van der Waals surface area contributed by atoms with Crippen LogP contribution in [0.4, 0.5) is 13.2 Å². The zero-order chi connectivity index (χ0) is 14.0. The third-order valence-electron chi connectivity index (χ3n) is 2.55. The lowest BCUT2D eigenvalue weighted by molar-refractivity contribution is -0.137. The summed E-state index contributed by atoms with van der Waals surface area (Å²) in [6.45, 7) is 1.99. The van der Waals surface area contributed by atoms with Crippen molar-refractivity contribution in [3.63, 3.8) is 0 Å². The van der Waals surface area contributed by atoms with Gasteiger partial charge in [0.05, 0.1) is 5.56 Å². The topological polar surface area (TPSA) is 41.6 Å². The summed E-state index contributed by atoms with van der Waals surface area (Å²) in [5, 5.41) is 6.68. The van der Waals surface area contributed by atoms with Crippen LogP contribution in [-0.4, -0.2) is 15.2 Å². The molecule has 0 fully saturated rings. The van der Waals surface area contributed by atoms with E-state index in [2.05, 4.69) is 31.1 Å². The highest BCUT2D eigenvalue weighted by atomic mass is 79.9. The van der Waals surface area contributed by atoms with Gasteiger partial charge in [-0.2, -0.15) is 18.3 Å². The fourth-order valence-electron chi connectivity index (χ4n) is 1.64. The van der Waals surface area contributed by atoms with Crippen LogP contribution < -0.4 is 0 Å². The van der Waals surface area contributed by atoms with Gasteiger partial charge in [0.25, 0.3) is 0 Å². The summed E-state index contributed by atoms with van der Waals surface area (Å²) < 4.78 is 38.6. The molecule has 0 radical (unpaired) electrons. The predicted octanol–water partition coefficient (Wildman–Crippen LogP) is 4.21. The summed E-state index contributed by atoms with van der Waals surface area (Å²) in [6.07, 6.45) is -2.78. The van der Waals surface area contributed by atoms with Gasteiger partial charge in [-0.1, -0.05) is 22.9 Å². The van der Waals surface area contributed by atoms with E-state index in [9.17, 15) is 13.2 Å². The number of halogens is 4. The number of aromatic nitrogens is 3. The second-order valence-electron chi connectivity index (χ2n) is 4.05. The fraction of sp³-hybridized carbons (Fsp3) is 0.333. The molecule has 7 heteroatoms. The van der Waals surface area contributed by atoms with Crippen LogP contribution in [0.3, 0.4) is 0 Å². The molecule has 102 valence electrons. The van der Waals surface area contributed by atoms with Gasteiger partial charge in [0.2, 0.25) is 0 Å². The summed E-state index contributed by atoms with van der Waals surface area (Å²) >= 11 is 3.22. The normalized spacial score (nSPS) is 11.8. The molecule has 3 nitrogen and oxygen atoms in total. The lowest BCUT2D eigenvalue weighted by Crippen LogP contribution is -2.05. The minimum Gasteiger partial charge on any atom is -0.263 e. The first-order valence-electron chi connectivity index (χ1n) is 5.70. The van der Waals surface area contributed by atoms with E-state index in [-0.39, 0.29) is 5.82 Å². The molecule has 1 aromatic heterocycles. The van der Waals surface area contributed by atoms with Crippen LogP contribution >= 0.6 is 15.9 Å². The van der Waals surface area contributed by atoms with Crippen molar-refractivity contribution in [2.75, 3.05) is 0 Å². The molecule has 0 aliphatic rings. The Hall–Kier alpha value is -1.37. The number of hydrogen-bond acceptors (Lipinski definition) is 2. The molecule has 19 heavy (non-hydrogen) atoms. The Morgan fingerprint density at radius 1 is 1.32 bits per heavy atom. The van der Waals surface area contributed by atoms with E-state index >= 15 is 0 Å². The molecule has 1 N–H and O–H groups in total. The monoisotopic (exact) mass is 333 g/mol. The molecular weight excluding hydrogens is 323 g/mol. The third-order valence-corrected chi connectivity index (χ3v) is 3.24. The van der Waals surface area contributed by atoms with E-state index in [4.69, 9.17) is 0 Å². The molecule has 0 unspecified atom stereocenters. The zero-order valence-corrected chi connectivity index (χ0v) is 11.6. The fourth-order valence-corrected chi connectivity index (χ4v) is 2.06. The first-order valence-corrected chi connectivity index (χ1v) is 6.49. The highest BCUT2D eigenvalue weighted by molar-refractivity contribution is 9.10. The maximum absolute atomic E-state index is 12.7. The number of aromatic amines is 1. The number of aryl methyl sites for hydroxylation is 1. The van der Waals surface area contributed by atoms with Gasteiger partial charge in [-0.15, -0.1) is 0 Å². The van der Waals surface area contributed by atoms with Crippen LogP contribution in [0, 0.1) is 0 Å². The van der Waals surface area contributed by atoms with Crippen molar-refractivity contribution in [1.29, 1.82) is 0 Å². The number of H-pyrrole nitrogens is 1. The van der Waals surface area contributed by atoms with Gasteiger partial charge in [-0.3, -0.25) is 5.10 Å². The molecule has 1 aromatic carbocycles. The van der Waals surface area contributed by atoms with Gasteiger partial charge in [0.1, 0.15) is 5.82 Å². The van der Waals surface area contributed by atoms with Gasteiger partial charge >= 0.3 is 6.18 Å². The Morgan fingerprint density at radius 2 is 2.05 bits per heavy atom. The van der Waals surface area contributed by atoms with Crippen LogP contribution in [-0.2, 0) is 12.6 Å². The smallest absolute Gasteiger partial charge is 0.263 e. The summed E-state index contributed by atoms with van der Waals surface area (Å²) in [4.78, 5) is 4.19. The first-order chi connectivity index (χ1) is 8.91. The largest absolute Gasteiger partial charge is 0.416 e. The standard InChI is InChI=1S/C12H11BrF3N3/c1-2-3-10-17-11(19-18-10)8-6-7(12(14,15)16)4-5-9(8)13/h4-6H,2-3H2,1H3,(H,17,18,19). The minimum absolute atomic E-state index is 0.265. The number of nitrogens with zero attached hydrogens (tertiary/aromatic N) is 2. The molecule has 0 saturated carbocycles. The van der Waals surface area contributed by atoms with Gasteiger partial charge in [-0.05, 0) is 24.6 Å². The van der Waals surface area contributed by atoms with E-state index in [1.54, 1.807) is 0 Å². The SMILES string of the molecule is CCCc1nc(-c2cc(C(F)(F)F)ccc2Br)n[nH]1. The second kappa shape index (κ2) is 5.32. The van der Waals surface area contributed by atoms with Gasteiger partial charge < -0.3 is 0 Å². The Labute approximate surface area is 116 Å². The molecule has 0 aliphatic carbocycles. The highest BCUT2D eigenvalue weighted by Crippen LogP contribution is 2.34. The lowest BCUT2D eigenvalue weighted by atomic mass is 10.1. The molecule has 0 bridgehead atoms. The second-order valence-corrected chi connectivity index (χ2v) is 4.90. The van der Waals surface area contributed by atoms with E-state index in [1.165, 1.54) is 6.07 Å². The molecule has 2 aromatic rings. The molecular formula is C12H11BrF3N3. The quantitative estimate of drug-likeness (QED) is 0.914. The Bertz CT molecular complexity index is 578. The minimum atomic E-state index is -4.38. The summed E-state index contributed by atoms with van der Waals surface area (Å²) in [5.41, 5.74) is -0.388. The van der Waals surface area contributed by atoms with E-state index in [1.807, 2.05) is 6.92 Å². The van der Waals surface area contributed by atoms with Crippen molar-refractivity contribution in [3.05, 3.63) is 34.1 Å². The summed E-state index contributed by atoms with van der Waals surface area (Å²) in [5.74, 6) is 0.934. The Morgan fingerprint density at radius 3 is 2.68 bits per heavy atom. The molecule has 0 amide bonds. The van der Waals surface area contributed by atoms with Crippen molar-refractivity contribution < 1.29 is 13.2 Å². The van der Waals surface area contributed by atoms with Crippen molar-refractivity contribution in [2.45, 2.75) is 25.9 Å². The maximum Gasteiger partial charge on any atom is 0.416 e. The van der Waals surface area contributed by atoms with Crippen molar-refractivity contribution in [3.8, 4) is 11.4 Å². The number of benzene rings is 1. The molecule has 2 rings (SSSR count). The summed E-state index contributed by atoms with van der Waals surface area (Å²) in [6, 6.07) is 3.42. The predicted molar refractivity (Wildman–Crippen MR) is 68.5 cm³/mol. The van der Waals surface area contributed by atoms with Crippen molar-refractivity contribution in [1.82, 2.24) is 15.2 Å². The highest BCUT2D eigenvalue weighted by Gasteiger charge is 2.31. The van der Waals surface area contributed by atoms with Gasteiger partial charge in [0, 0.05) is 16.5 Å². The van der Waals surface area contributed by atoms with Crippen LogP contribution in [0.1, 0.15) is 24.7 Å².